The molecule has 1 aliphatic carbocycles. The Bertz CT molecular complexity index is 435. The molecule has 1 aliphatic rings. The summed E-state index contributed by atoms with van der Waals surface area (Å²) in [5.41, 5.74) is -0.218. The summed E-state index contributed by atoms with van der Waals surface area (Å²) in [5.74, 6) is 0.536. The van der Waals surface area contributed by atoms with E-state index >= 15 is 0 Å². The first-order chi connectivity index (χ1) is 8.40. The van der Waals surface area contributed by atoms with Gasteiger partial charge in [-0.25, -0.2) is 4.39 Å². The molecular weight excluding hydrogens is 251 g/mol. The summed E-state index contributed by atoms with van der Waals surface area (Å²) in [6.45, 7) is 4.27. The van der Waals surface area contributed by atoms with E-state index in [1.807, 2.05) is 0 Å². The van der Waals surface area contributed by atoms with Gasteiger partial charge in [-0.1, -0.05) is 31.5 Å². The lowest BCUT2D eigenvalue weighted by Gasteiger charge is -2.41. The first-order valence-corrected chi connectivity index (χ1v) is 6.95. The molecule has 1 saturated carbocycles. The fourth-order valence-electron chi connectivity index (χ4n) is 2.94. The Balaban J connectivity index is 2.17. The van der Waals surface area contributed by atoms with Crippen LogP contribution in [0.5, 0.6) is 0 Å². The van der Waals surface area contributed by atoms with Gasteiger partial charge in [-0.3, -0.25) is 0 Å². The molecule has 1 aromatic rings. The molecule has 2 rings (SSSR count). The molecule has 1 fully saturated rings. The van der Waals surface area contributed by atoms with Crippen molar-refractivity contribution >= 4 is 11.6 Å². The monoisotopic (exact) mass is 270 g/mol. The quantitative estimate of drug-likeness (QED) is 0.854. The second-order valence-electron chi connectivity index (χ2n) is 5.80. The van der Waals surface area contributed by atoms with Crippen molar-refractivity contribution in [1.29, 1.82) is 0 Å². The van der Waals surface area contributed by atoms with Crippen molar-refractivity contribution in [2.75, 3.05) is 0 Å². The summed E-state index contributed by atoms with van der Waals surface area (Å²) in [6.07, 6.45) is 3.14. The van der Waals surface area contributed by atoms with E-state index in [0.717, 1.165) is 19.3 Å². The molecular formula is C15H20ClFO. The standard InChI is InChI=1S/C15H20ClFO/c1-10-5-6-15(18,11(2)7-10)9-12-3-4-13(16)8-14(12)17/h3-4,8,10-11,18H,5-7,9H2,1-2H3. The summed E-state index contributed by atoms with van der Waals surface area (Å²) >= 11 is 5.74. The molecule has 0 amide bonds. The van der Waals surface area contributed by atoms with Gasteiger partial charge < -0.3 is 5.11 Å². The predicted molar refractivity (Wildman–Crippen MR) is 72.2 cm³/mol. The van der Waals surface area contributed by atoms with Crippen molar-refractivity contribution in [3.05, 3.63) is 34.6 Å². The zero-order valence-corrected chi connectivity index (χ0v) is 11.7. The average Bonchev–Trinajstić information content (AvgIpc) is 2.29. The lowest BCUT2D eigenvalue weighted by Crippen LogP contribution is -2.43. The van der Waals surface area contributed by atoms with Crippen LogP contribution in [0.4, 0.5) is 4.39 Å². The molecule has 100 valence electrons. The van der Waals surface area contributed by atoms with Gasteiger partial charge in [0.25, 0.3) is 0 Å². The Morgan fingerprint density at radius 1 is 1.44 bits per heavy atom. The van der Waals surface area contributed by atoms with Crippen LogP contribution in [0.25, 0.3) is 0 Å². The van der Waals surface area contributed by atoms with Gasteiger partial charge in [0.1, 0.15) is 5.82 Å². The normalized spacial score (nSPS) is 32.5. The van der Waals surface area contributed by atoms with E-state index in [9.17, 15) is 9.50 Å². The molecule has 3 atom stereocenters. The molecule has 0 bridgehead atoms. The topological polar surface area (TPSA) is 20.2 Å². The van der Waals surface area contributed by atoms with Gasteiger partial charge in [0.05, 0.1) is 5.60 Å². The molecule has 0 aromatic heterocycles. The Kier molecular flexibility index (Phi) is 3.98. The minimum absolute atomic E-state index is 0.205. The SMILES string of the molecule is CC1CCC(O)(Cc2ccc(Cl)cc2F)C(C)C1. The van der Waals surface area contributed by atoms with Gasteiger partial charge in [0, 0.05) is 11.4 Å². The number of hydrogen-bond acceptors (Lipinski definition) is 1. The molecule has 3 unspecified atom stereocenters. The van der Waals surface area contributed by atoms with Crippen molar-refractivity contribution in [2.24, 2.45) is 11.8 Å². The summed E-state index contributed by atoms with van der Waals surface area (Å²) < 4.78 is 13.8. The molecule has 1 N–H and O–H groups in total. The summed E-state index contributed by atoms with van der Waals surface area (Å²) in [4.78, 5) is 0. The lowest BCUT2D eigenvalue weighted by molar-refractivity contribution is -0.0527. The molecule has 0 heterocycles. The number of halogens is 2. The Hall–Kier alpha value is -0.600. The van der Waals surface area contributed by atoms with Crippen molar-refractivity contribution in [1.82, 2.24) is 0 Å². The number of hydrogen-bond donors (Lipinski definition) is 1. The second kappa shape index (κ2) is 5.18. The van der Waals surface area contributed by atoms with Crippen LogP contribution in [0.3, 0.4) is 0 Å². The van der Waals surface area contributed by atoms with E-state index < -0.39 is 5.60 Å². The van der Waals surface area contributed by atoms with Gasteiger partial charge >= 0.3 is 0 Å². The van der Waals surface area contributed by atoms with Crippen molar-refractivity contribution < 1.29 is 9.50 Å². The fraction of sp³-hybridized carbons (Fsp3) is 0.600. The van der Waals surface area contributed by atoms with E-state index in [4.69, 9.17) is 11.6 Å². The van der Waals surface area contributed by atoms with Crippen LogP contribution in [0.2, 0.25) is 5.02 Å². The van der Waals surface area contributed by atoms with Gasteiger partial charge in [0.2, 0.25) is 0 Å². The highest BCUT2D eigenvalue weighted by Crippen LogP contribution is 2.39. The Morgan fingerprint density at radius 3 is 2.78 bits per heavy atom. The first-order valence-electron chi connectivity index (χ1n) is 6.57. The Labute approximate surface area is 113 Å². The second-order valence-corrected chi connectivity index (χ2v) is 6.23. The van der Waals surface area contributed by atoms with Crippen LogP contribution in [-0.4, -0.2) is 10.7 Å². The third-order valence-corrected chi connectivity index (χ3v) is 4.49. The first kappa shape index (κ1) is 13.8. The number of benzene rings is 1. The molecule has 0 spiro atoms. The van der Waals surface area contributed by atoms with E-state index in [1.165, 1.54) is 6.07 Å². The molecule has 1 aromatic carbocycles. The van der Waals surface area contributed by atoms with E-state index in [-0.39, 0.29) is 11.7 Å². The maximum absolute atomic E-state index is 13.8. The highest BCUT2D eigenvalue weighted by atomic mass is 35.5. The van der Waals surface area contributed by atoms with Crippen LogP contribution in [-0.2, 0) is 6.42 Å². The Morgan fingerprint density at radius 2 is 2.17 bits per heavy atom. The van der Waals surface area contributed by atoms with Crippen molar-refractivity contribution in [2.45, 2.75) is 45.1 Å². The molecule has 18 heavy (non-hydrogen) atoms. The summed E-state index contributed by atoms with van der Waals surface area (Å²) in [6, 6.07) is 4.68. The minimum atomic E-state index is -0.777. The summed E-state index contributed by atoms with van der Waals surface area (Å²) in [5, 5.41) is 11.1. The van der Waals surface area contributed by atoms with Crippen molar-refractivity contribution in [3.8, 4) is 0 Å². The smallest absolute Gasteiger partial charge is 0.127 e. The number of rotatable bonds is 2. The molecule has 0 saturated heterocycles. The van der Waals surface area contributed by atoms with Crippen molar-refractivity contribution in [3.63, 3.8) is 0 Å². The molecule has 0 radical (unpaired) electrons. The molecule has 0 aliphatic heterocycles. The highest BCUT2D eigenvalue weighted by Gasteiger charge is 2.38. The average molecular weight is 271 g/mol. The zero-order valence-electron chi connectivity index (χ0n) is 10.9. The van der Waals surface area contributed by atoms with Gasteiger partial charge in [0.15, 0.2) is 0 Å². The maximum atomic E-state index is 13.8. The van der Waals surface area contributed by atoms with Crippen LogP contribution < -0.4 is 0 Å². The van der Waals surface area contributed by atoms with Crippen LogP contribution in [0.15, 0.2) is 18.2 Å². The van der Waals surface area contributed by atoms with Gasteiger partial charge in [-0.2, -0.15) is 0 Å². The zero-order chi connectivity index (χ0) is 13.3. The minimum Gasteiger partial charge on any atom is -0.389 e. The van der Waals surface area contributed by atoms with Crippen LogP contribution >= 0.6 is 11.6 Å². The maximum Gasteiger partial charge on any atom is 0.127 e. The van der Waals surface area contributed by atoms with E-state index in [2.05, 4.69) is 13.8 Å². The van der Waals surface area contributed by atoms with Gasteiger partial charge in [-0.15, -0.1) is 0 Å². The fourth-order valence-corrected chi connectivity index (χ4v) is 3.10. The van der Waals surface area contributed by atoms with Crippen LogP contribution in [0.1, 0.15) is 38.7 Å². The molecule has 1 nitrogen and oxygen atoms in total. The highest BCUT2D eigenvalue weighted by molar-refractivity contribution is 6.30. The lowest BCUT2D eigenvalue weighted by atomic mass is 9.70. The third-order valence-electron chi connectivity index (χ3n) is 4.25. The van der Waals surface area contributed by atoms with E-state index in [1.54, 1.807) is 12.1 Å². The third kappa shape index (κ3) is 2.86. The summed E-state index contributed by atoms with van der Waals surface area (Å²) in [7, 11) is 0. The van der Waals surface area contributed by atoms with Gasteiger partial charge in [-0.05, 0) is 48.8 Å². The van der Waals surface area contributed by atoms with Crippen LogP contribution in [0, 0.1) is 17.7 Å². The van der Waals surface area contributed by atoms with E-state index in [0.29, 0.717) is 22.9 Å². The predicted octanol–water partition coefficient (Wildman–Crippen LogP) is 4.21. The largest absolute Gasteiger partial charge is 0.389 e. The number of aliphatic hydroxyl groups is 1. The molecule has 3 heteroatoms.